The van der Waals surface area contributed by atoms with Gasteiger partial charge < -0.3 is 15.5 Å². The highest BCUT2D eigenvalue weighted by Gasteiger charge is 2.14. The molecular weight excluding hydrogens is 314 g/mol. The summed E-state index contributed by atoms with van der Waals surface area (Å²) < 4.78 is 0. The monoisotopic (exact) mass is 345 g/mol. The van der Waals surface area contributed by atoms with Crippen LogP contribution in [0, 0.1) is 0 Å². The van der Waals surface area contributed by atoms with Crippen molar-refractivity contribution in [1.29, 1.82) is 0 Å². The van der Waals surface area contributed by atoms with Gasteiger partial charge in [-0.15, -0.1) is 0 Å². The van der Waals surface area contributed by atoms with Crippen molar-refractivity contribution in [3.63, 3.8) is 0 Å². The first-order valence-electron chi connectivity index (χ1n) is 9.42. The Hall–Kier alpha value is -1.47. The molecule has 2 aliphatic rings. The maximum Gasteiger partial charge on any atom is 0.251 e. The molecule has 0 aromatic heterocycles. The van der Waals surface area contributed by atoms with Crippen LogP contribution < -0.4 is 10.6 Å². The van der Waals surface area contributed by atoms with Gasteiger partial charge in [-0.05, 0) is 24.7 Å². The van der Waals surface area contributed by atoms with E-state index in [2.05, 4.69) is 44.5 Å². The second-order valence-electron chi connectivity index (χ2n) is 7.12. The van der Waals surface area contributed by atoms with Crippen LogP contribution >= 0.6 is 0 Å². The summed E-state index contributed by atoms with van der Waals surface area (Å²) in [4.78, 5) is 19.5. The van der Waals surface area contributed by atoms with Gasteiger partial charge in [-0.3, -0.25) is 14.6 Å². The Kier molecular flexibility index (Phi) is 6.81. The van der Waals surface area contributed by atoms with Crippen LogP contribution in [-0.4, -0.2) is 93.1 Å². The molecule has 2 heterocycles. The zero-order valence-electron chi connectivity index (χ0n) is 15.3. The number of amides is 1. The van der Waals surface area contributed by atoms with Crippen molar-refractivity contribution in [2.45, 2.75) is 6.54 Å². The highest BCUT2D eigenvalue weighted by molar-refractivity contribution is 5.94. The Morgan fingerprint density at radius 3 is 2.36 bits per heavy atom. The number of nitrogens with one attached hydrogen (secondary N) is 2. The molecule has 25 heavy (non-hydrogen) atoms. The number of hydrogen-bond acceptors (Lipinski definition) is 5. The van der Waals surface area contributed by atoms with Crippen LogP contribution in [0.3, 0.4) is 0 Å². The van der Waals surface area contributed by atoms with Gasteiger partial charge in [-0.25, -0.2) is 0 Å². The number of piperazine rings is 2. The van der Waals surface area contributed by atoms with E-state index in [9.17, 15) is 4.79 Å². The molecule has 0 atom stereocenters. The van der Waals surface area contributed by atoms with E-state index in [1.165, 1.54) is 5.56 Å². The molecule has 0 bridgehead atoms. The highest BCUT2D eigenvalue weighted by Crippen LogP contribution is 2.09. The van der Waals surface area contributed by atoms with Crippen molar-refractivity contribution in [3.05, 3.63) is 35.4 Å². The van der Waals surface area contributed by atoms with Gasteiger partial charge in [0.25, 0.3) is 5.91 Å². The zero-order valence-corrected chi connectivity index (χ0v) is 15.3. The molecule has 1 aromatic carbocycles. The van der Waals surface area contributed by atoms with Crippen LogP contribution in [-0.2, 0) is 6.54 Å². The molecule has 1 amide bonds. The average Bonchev–Trinajstić information content (AvgIpc) is 2.65. The van der Waals surface area contributed by atoms with Gasteiger partial charge in [0.05, 0.1) is 0 Å². The molecule has 0 aliphatic carbocycles. The van der Waals surface area contributed by atoms with E-state index in [0.29, 0.717) is 6.54 Å². The van der Waals surface area contributed by atoms with Crippen LogP contribution in [0.2, 0.25) is 0 Å². The maximum absolute atomic E-state index is 12.3. The molecule has 2 fully saturated rings. The zero-order chi connectivity index (χ0) is 17.5. The Morgan fingerprint density at radius 2 is 1.68 bits per heavy atom. The Bertz CT molecular complexity index is 533. The van der Waals surface area contributed by atoms with E-state index in [0.717, 1.165) is 71.0 Å². The molecule has 6 heteroatoms. The fourth-order valence-electron chi connectivity index (χ4n) is 3.39. The van der Waals surface area contributed by atoms with Crippen LogP contribution in [0.5, 0.6) is 0 Å². The van der Waals surface area contributed by atoms with Gasteiger partial charge in [0.1, 0.15) is 0 Å². The number of carbonyl (C=O) groups is 1. The second-order valence-corrected chi connectivity index (χ2v) is 7.12. The number of nitrogens with zero attached hydrogens (tertiary/aromatic N) is 3. The molecule has 0 spiro atoms. The molecular formula is C19H31N5O. The number of likely N-dealkylation sites (N-methyl/N-ethyl adjacent to an activating group) is 1. The second kappa shape index (κ2) is 9.29. The van der Waals surface area contributed by atoms with Crippen LogP contribution in [0.4, 0.5) is 0 Å². The van der Waals surface area contributed by atoms with E-state index >= 15 is 0 Å². The molecule has 0 unspecified atom stereocenters. The smallest absolute Gasteiger partial charge is 0.251 e. The topological polar surface area (TPSA) is 50.9 Å². The van der Waals surface area contributed by atoms with Gasteiger partial charge in [0, 0.05) is 77.6 Å². The van der Waals surface area contributed by atoms with Crippen molar-refractivity contribution in [2.75, 3.05) is 72.5 Å². The number of carbonyl (C=O) groups excluding carboxylic acids is 1. The molecule has 2 saturated heterocycles. The summed E-state index contributed by atoms with van der Waals surface area (Å²) in [6, 6.07) is 8.07. The molecule has 6 nitrogen and oxygen atoms in total. The lowest BCUT2D eigenvalue weighted by Crippen LogP contribution is -2.46. The maximum atomic E-state index is 12.3. The van der Waals surface area contributed by atoms with Gasteiger partial charge >= 0.3 is 0 Å². The van der Waals surface area contributed by atoms with Gasteiger partial charge in [0.2, 0.25) is 0 Å². The summed E-state index contributed by atoms with van der Waals surface area (Å²) in [5, 5.41) is 6.38. The Labute approximate surface area is 151 Å². The lowest BCUT2D eigenvalue weighted by atomic mass is 10.1. The molecule has 2 N–H and O–H groups in total. The summed E-state index contributed by atoms with van der Waals surface area (Å²) in [6.07, 6.45) is 0. The quantitative estimate of drug-likeness (QED) is 0.764. The van der Waals surface area contributed by atoms with Crippen molar-refractivity contribution < 1.29 is 4.79 Å². The van der Waals surface area contributed by atoms with Crippen molar-refractivity contribution in [1.82, 2.24) is 25.3 Å². The van der Waals surface area contributed by atoms with Crippen molar-refractivity contribution in [3.8, 4) is 0 Å². The van der Waals surface area contributed by atoms with E-state index < -0.39 is 0 Å². The molecule has 0 saturated carbocycles. The normalized spacial score (nSPS) is 20.5. The average molecular weight is 345 g/mol. The fraction of sp³-hybridized carbons (Fsp3) is 0.632. The number of hydrogen-bond donors (Lipinski definition) is 2. The van der Waals surface area contributed by atoms with E-state index in [-0.39, 0.29) is 5.91 Å². The predicted molar refractivity (Wildman–Crippen MR) is 101 cm³/mol. The summed E-state index contributed by atoms with van der Waals surface area (Å²) in [6.45, 7) is 11.3. The van der Waals surface area contributed by atoms with Crippen molar-refractivity contribution in [2.24, 2.45) is 0 Å². The van der Waals surface area contributed by atoms with E-state index in [4.69, 9.17) is 0 Å². The van der Waals surface area contributed by atoms with E-state index in [1.54, 1.807) is 0 Å². The third-order valence-corrected chi connectivity index (χ3v) is 5.14. The number of benzene rings is 1. The fourth-order valence-corrected chi connectivity index (χ4v) is 3.39. The third kappa shape index (κ3) is 5.78. The first-order chi connectivity index (χ1) is 12.2. The SMILES string of the molecule is CN1CCN(Cc2ccc(C(=O)NCCN3CCNCC3)cc2)CC1. The lowest BCUT2D eigenvalue weighted by Gasteiger charge is -2.32. The van der Waals surface area contributed by atoms with Gasteiger partial charge in [-0.1, -0.05) is 12.1 Å². The molecule has 138 valence electrons. The van der Waals surface area contributed by atoms with Gasteiger partial charge in [0.15, 0.2) is 0 Å². The first-order valence-corrected chi connectivity index (χ1v) is 9.42. The molecule has 3 rings (SSSR count). The Morgan fingerprint density at radius 1 is 1.00 bits per heavy atom. The standard InChI is InChI=1S/C19H31N5O/c1-22-12-14-24(15-13-22)16-17-2-4-18(5-3-17)19(25)21-8-11-23-9-6-20-7-10-23/h2-5,20H,6-16H2,1H3,(H,21,25). The first kappa shape index (κ1) is 18.3. The van der Waals surface area contributed by atoms with Crippen LogP contribution in [0.25, 0.3) is 0 Å². The predicted octanol–water partition coefficient (Wildman–Crippen LogP) is 0.0690. The molecule has 1 aromatic rings. The minimum Gasteiger partial charge on any atom is -0.351 e. The molecule has 0 radical (unpaired) electrons. The largest absolute Gasteiger partial charge is 0.351 e. The summed E-state index contributed by atoms with van der Waals surface area (Å²) in [7, 11) is 2.17. The highest BCUT2D eigenvalue weighted by atomic mass is 16.1. The van der Waals surface area contributed by atoms with E-state index in [1.807, 2.05) is 12.1 Å². The minimum atomic E-state index is 0.0290. The third-order valence-electron chi connectivity index (χ3n) is 5.14. The Balaban J connectivity index is 1.40. The molecule has 2 aliphatic heterocycles. The number of rotatable bonds is 6. The minimum absolute atomic E-state index is 0.0290. The van der Waals surface area contributed by atoms with Crippen LogP contribution in [0.15, 0.2) is 24.3 Å². The summed E-state index contributed by atoms with van der Waals surface area (Å²) in [5.74, 6) is 0.0290. The van der Waals surface area contributed by atoms with Gasteiger partial charge in [-0.2, -0.15) is 0 Å². The van der Waals surface area contributed by atoms with Crippen molar-refractivity contribution >= 4 is 5.91 Å². The summed E-state index contributed by atoms with van der Waals surface area (Å²) >= 11 is 0. The lowest BCUT2D eigenvalue weighted by molar-refractivity contribution is 0.0947. The summed E-state index contributed by atoms with van der Waals surface area (Å²) in [5.41, 5.74) is 2.03. The van der Waals surface area contributed by atoms with Crippen LogP contribution in [0.1, 0.15) is 15.9 Å².